The van der Waals surface area contributed by atoms with Crippen LogP contribution in [0.3, 0.4) is 0 Å². The maximum absolute atomic E-state index is 13.5. The summed E-state index contributed by atoms with van der Waals surface area (Å²) in [6.07, 6.45) is 6.73. The number of fused-ring (bicyclic) bond motifs is 1. The second kappa shape index (κ2) is 7.77. The third-order valence-corrected chi connectivity index (χ3v) is 5.71. The van der Waals surface area contributed by atoms with Crippen LogP contribution in [0, 0.1) is 5.82 Å². The van der Waals surface area contributed by atoms with Crippen LogP contribution in [0.1, 0.15) is 10.4 Å². The molecule has 1 amide bonds. The quantitative estimate of drug-likeness (QED) is 0.440. The molecule has 4 nitrogen and oxygen atoms in total. The Kier molecular flexibility index (Phi) is 5.04. The van der Waals surface area contributed by atoms with E-state index in [2.05, 4.69) is 9.97 Å². The van der Waals surface area contributed by atoms with Gasteiger partial charge in [0, 0.05) is 23.3 Å². The van der Waals surface area contributed by atoms with Crippen LogP contribution in [-0.4, -0.2) is 15.9 Å². The number of rotatable bonds is 5. The monoisotopic (exact) mass is 395 g/mol. The highest BCUT2D eigenvalue weighted by Gasteiger charge is 2.19. The number of carbonyl (C=O) groups excluding carboxylic acids is 1. The van der Waals surface area contributed by atoms with Gasteiger partial charge in [0.1, 0.15) is 5.82 Å². The Labute approximate surface area is 163 Å². The lowest BCUT2D eigenvalue weighted by molar-refractivity contribution is -0.114. The smallest absolute Gasteiger partial charge is 0.253 e. The van der Waals surface area contributed by atoms with E-state index in [1.165, 1.54) is 29.5 Å². The fraction of sp³-hybridized carbons (Fsp3) is 0.0500. The number of amides is 1. The molecule has 0 N–H and O–H groups in total. The second-order valence-electron chi connectivity index (χ2n) is 5.74. The van der Waals surface area contributed by atoms with Crippen LogP contribution >= 0.6 is 22.7 Å². The van der Waals surface area contributed by atoms with Crippen molar-refractivity contribution < 1.29 is 9.18 Å². The van der Waals surface area contributed by atoms with Crippen LogP contribution in [0.5, 0.6) is 0 Å². The largest absolute Gasteiger partial charge is 0.280 e. The van der Waals surface area contributed by atoms with Crippen molar-refractivity contribution in [3.8, 4) is 0 Å². The molecule has 3 heterocycles. The molecule has 27 heavy (non-hydrogen) atoms. The molecule has 0 spiro atoms. The lowest BCUT2D eigenvalue weighted by atomic mass is 10.2. The number of hydrogen-bond donors (Lipinski definition) is 0. The maximum atomic E-state index is 13.5. The first-order chi connectivity index (χ1) is 13.2. The lowest BCUT2D eigenvalue weighted by Crippen LogP contribution is -2.28. The highest BCUT2D eigenvalue weighted by molar-refractivity contribution is 7.22. The summed E-state index contributed by atoms with van der Waals surface area (Å²) in [5, 5.41) is 2.49. The molecule has 0 radical (unpaired) electrons. The van der Waals surface area contributed by atoms with Crippen molar-refractivity contribution in [1.29, 1.82) is 0 Å². The minimum Gasteiger partial charge on any atom is -0.280 e. The lowest BCUT2D eigenvalue weighted by Gasteiger charge is -2.18. The fourth-order valence-electron chi connectivity index (χ4n) is 2.55. The van der Waals surface area contributed by atoms with E-state index < -0.39 is 0 Å². The minimum atomic E-state index is -0.319. The van der Waals surface area contributed by atoms with Crippen molar-refractivity contribution in [2.75, 3.05) is 4.90 Å². The van der Waals surface area contributed by atoms with Gasteiger partial charge in [0.15, 0.2) is 5.13 Å². The Bertz CT molecular complexity index is 1090. The number of thiophene rings is 1. The molecule has 4 rings (SSSR count). The molecule has 0 bridgehead atoms. The SMILES string of the molecule is O=C(/C=C/c1cccs1)N(Cc1cccnc1)c1nc2ccc(F)cc2s1. The van der Waals surface area contributed by atoms with Crippen molar-refractivity contribution >= 4 is 50.0 Å². The highest BCUT2D eigenvalue weighted by atomic mass is 32.1. The summed E-state index contributed by atoms with van der Waals surface area (Å²) in [4.78, 5) is 24.1. The van der Waals surface area contributed by atoms with Gasteiger partial charge in [-0.3, -0.25) is 14.7 Å². The molecule has 0 fully saturated rings. The van der Waals surface area contributed by atoms with Crippen molar-refractivity contribution in [1.82, 2.24) is 9.97 Å². The van der Waals surface area contributed by atoms with Crippen LogP contribution in [0.2, 0.25) is 0 Å². The first-order valence-corrected chi connectivity index (χ1v) is 9.87. The van der Waals surface area contributed by atoms with Crippen LogP contribution in [0.25, 0.3) is 16.3 Å². The summed E-state index contributed by atoms with van der Waals surface area (Å²) >= 11 is 2.85. The summed E-state index contributed by atoms with van der Waals surface area (Å²) in [7, 11) is 0. The van der Waals surface area contributed by atoms with Crippen LogP contribution in [-0.2, 0) is 11.3 Å². The summed E-state index contributed by atoms with van der Waals surface area (Å²) < 4.78 is 14.2. The predicted molar refractivity (Wildman–Crippen MR) is 108 cm³/mol. The molecule has 0 aliphatic heterocycles. The van der Waals surface area contributed by atoms with E-state index in [1.807, 2.05) is 29.6 Å². The summed E-state index contributed by atoms with van der Waals surface area (Å²) in [6, 6.07) is 12.0. The van der Waals surface area contributed by atoms with E-state index in [1.54, 1.807) is 40.8 Å². The number of thiazole rings is 1. The van der Waals surface area contributed by atoms with Gasteiger partial charge in [-0.1, -0.05) is 23.5 Å². The number of aromatic nitrogens is 2. The Morgan fingerprint density at radius 2 is 2.15 bits per heavy atom. The molecule has 7 heteroatoms. The average molecular weight is 395 g/mol. The van der Waals surface area contributed by atoms with E-state index in [-0.39, 0.29) is 11.7 Å². The number of halogens is 1. The van der Waals surface area contributed by atoms with Crippen molar-refractivity contribution in [3.63, 3.8) is 0 Å². The zero-order chi connectivity index (χ0) is 18.6. The molecule has 3 aromatic heterocycles. The van der Waals surface area contributed by atoms with Gasteiger partial charge in [-0.25, -0.2) is 9.37 Å². The zero-order valence-electron chi connectivity index (χ0n) is 14.1. The molecule has 134 valence electrons. The molecule has 4 aromatic rings. The Hall–Kier alpha value is -2.90. The fourth-order valence-corrected chi connectivity index (χ4v) is 4.16. The molecular formula is C20H14FN3OS2. The number of benzene rings is 1. The van der Waals surface area contributed by atoms with Crippen molar-refractivity contribution in [2.45, 2.75) is 6.54 Å². The average Bonchev–Trinajstić information content (AvgIpc) is 3.34. The number of hydrogen-bond acceptors (Lipinski definition) is 5. The Morgan fingerprint density at radius 3 is 2.93 bits per heavy atom. The van der Waals surface area contributed by atoms with Gasteiger partial charge >= 0.3 is 0 Å². The van der Waals surface area contributed by atoms with Gasteiger partial charge in [-0.15, -0.1) is 11.3 Å². The molecule has 0 atom stereocenters. The van der Waals surface area contributed by atoms with E-state index in [0.717, 1.165) is 10.4 Å². The van der Waals surface area contributed by atoms with Gasteiger partial charge in [0.2, 0.25) is 0 Å². The van der Waals surface area contributed by atoms with Crippen LogP contribution in [0.4, 0.5) is 9.52 Å². The van der Waals surface area contributed by atoms with E-state index in [4.69, 9.17) is 0 Å². The Balaban J connectivity index is 1.68. The third-order valence-electron chi connectivity index (χ3n) is 3.83. The van der Waals surface area contributed by atoms with Gasteiger partial charge in [-0.05, 0) is 47.4 Å². The van der Waals surface area contributed by atoms with Gasteiger partial charge in [0.25, 0.3) is 5.91 Å². The summed E-state index contributed by atoms with van der Waals surface area (Å²) in [5.74, 6) is -0.507. The molecule has 0 saturated carbocycles. The summed E-state index contributed by atoms with van der Waals surface area (Å²) in [5.41, 5.74) is 1.56. The topological polar surface area (TPSA) is 46.1 Å². The first-order valence-electron chi connectivity index (χ1n) is 8.17. The Morgan fingerprint density at radius 1 is 1.22 bits per heavy atom. The summed E-state index contributed by atoms with van der Waals surface area (Å²) in [6.45, 7) is 0.337. The molecule has 0 unspecified atom stereocenters. The van der Waals surface area contributed by atoms with Gasteiger partial charge in [0.05, 0.1) is 16.8 Å². The van der Waals surface area contributed by atoms with E-state index in [0.29, 0.717) is 21.9 Å². The minimum absolute atomic E-state index is 0.188. The number of carbonyl (C=O) groups is 1. The number of nitrogens with zero attached hydrogens (tertiary/aromatic N) is 3. The molecule has 0 saturated heterocycles. The molecule has 0 aliphatic carbocycles. The maximum Gasteiger partial charge on any atom is 0.253 e. The standard InChI is InChI=1S/C20H14FN3OS2/c21-15-5-7-17-18(11-15)27-20(23-17)24(13-14-3-1-9-22-12-14)19(25)8-6-16-4-2-10-26-16/h1-12H,13H2/b8-6+. The molecule has 1 aromatic carbocycles. The van der Waals surface area contributed by atoms with Gasteiger partial charge in [-0.2, -0.15) is 0 Å². The zero-order valence-corrected chi connectivity index (χ0v) is 15.7. The van der Waals surface area contributed by atoms with Crippen LogP contribution in [0.15, 0.2) is 66.3 Å². The molecule has 0 aliphatic rings. The van der Waals surface area contributed by atoms with E-state index in [9.17, 15) is 9.18 Å². The number of pyridine rings is 1. The third kappa shape index (κ3) is 4.10. The highest BCUT2D eigenvalue weighted by Crippen LogP contribution is 2.30. The normalized spacial score (nSPS) is 11.3. The van der Waals surface area contributed by atoms with Crippen molar-refractivity contribution in [2.24, 2.45) is 0 Å². The van der Waals surface area contributed by atoms with Crippen molar-refractivity contribution in [3.05, 3.63) is 82.6 Å². The number of anilines is 1. The predicted octanol–water partition coefficient (Wildman–Crippen LogP) is 5.14. The van der Waals surface area contributed by atoms with Gasteiger partial charge < -0.3 is 0 Å². The first kappa shape index (κ1) is 17.5. The second-order valence-corrected chi connectivity index (χ2v) is 7.73. The molecular weight excluding hydrogens is 381 g/mol. The van der Waals surface area contributed by atoms with Crippen LogP contribution < -0.4 is 4.90 Å². The van der Waals surface area contributed by atoms with E-state index >= 15 is 0 Å².